The van der Waals surface area contributed by atoms with Crippen molar-refractivity contribution in [1.29, 1.82) is 0 Å². The molecule has 0 saturated carbocycles. The summed E-state index contributed by atoms with van der Waals surface area (Å²) in [6.07, 6.45) is 0.593. The number of nitrogens with two attached hydrogens (primary N) is 1. The van der Waals surface area contributed by atoms with Gasteiger partial charge < -0.3 is 5.73 Å². The van der Waals surface area contributed by atoms with Crippen LogP contribution >= 0.6 is 0 Å². The van der Waals surface area contributed by atoms with Crippen LogP contribution in [-0.4, -0.2) is 6.29 Å². The highest BCUT2D eigenvalue weighted by molar-refractivity contribution is 5.88. The monoisotopic (exact) mass is 233 g/mol. The van der Waals surface area contributed by atoms with Gasteiger partial charge >= 0.3 is 0 Å². The lowest BCUT2D eigenvalue weighted by atomic mass is 9.99. The lowest BCUT2D eigenvalue weighted by Gasteiger charge is -2.08. The van der Waals surface area contributed by atoms with Crippen molar-refractivity contribution in [2.45, 2.75) is 0 Å². The third kappa shape index (κ3) is 2.01. The van der Waals surface area contributed by atoms with Gasteiger partial charge in [-0.2, -0.15) is 0 Å². The smallest absolute Gasteiger partial charge is 0.166 e. The Balaban J connectivity index is 2.72. The molecular formula is C13H9F2NO. The summed E-state index contributed by atoms with van der Waals surface area (Å²) in [5.41, 5.74) is 6.18. The zero-order valence-corrected chi connectivity index (χ0v) is 8.78. The van der Waals surface area contributed by atoms with E-state index in [1.54, 1.807) is 18.2 Å². The second-order valence-corrected chi connectivity index (χ2v) is 3.57. The minimum Gasteiger partial charge on any atom is -0.399 e. The summed E-state index contributed by atoms with van der Waals surface area (Å²) in [4.78, 5) is 10.8. The van der Waals surface area contributed by atoms with E-state index in [1.807, 2.05) is 0 Å². The van der Waals surface area contributed by atoms with Crippen molar-refractivity contribution < 1.29 is 13.6 Å². The summed E-state index contributed by atoms with van der Waals surface area (Å²) in [6.45, 7) is 0. The lowest BCUT2D eigenvalue weighted by Crippen LogP contribution is -1.96. The molecule has 2 aromatic rings. The van der Waals surface area contributed by atoms with Gasteiger partial charge in [0.05, 0.1) is 0 Å². The largest absolute Gasteiger partial charge is 0.399 e. The average molecular weight is 233 g/mol. The Morgan fingerprint density at radius 3 is 2.47 bits per heavy atom. The summed E-state index contributed by atoms with van der Waals surface area (Å²) in [5.74, 6) is -2.03. The summed E-state index contributed by atoms with van der Waals surface area (Å²) < 4.78 is 26.9. The Morgan fingerprint density at radius 1 is 1.06 bits per heavy atom. The van der Waals surface area contributed by atoms with Crippen molar-refractivity contribution in [3.05, 3.63) is 53.6 Å². The molecule has 0 aliphatic rings. The van der Waals surface area contributed by atoms with Crippen LogP contribution in [-0.2, 0) is 0 Å². The quantitative estimate of drug-likeness (QED) is 0.640. The lowest BCUT2D eigenvalue weighted by molar-refractivity contribution is 0.112. The second-order valence-electron chi connectivity index (χ2n) is 3.57. The van der Waals surface area contributed by atoms with Gasteiger partial charge in [0.2, 0.25) is 0 Å². The normalized spacial score (nSPS) is 10.2. The van der Waals surface area contributed by atoms with Crippen molar-refractivity contribution >= 4 is 12.0 Å². The van der Waals surface area contributed by atoms with Crippen LogP contribution in [0.2, 0.25) is 0 Å². The standard InChI is InChI=1S/C13H9F2NO/c14-12-6-9(16)5-11(13(12)15)10-4-2-1-3-8(10)7-17/h1-7H,16H2. The highest BCUT2D eigenvalue weighted by Gasteiger charge is 2.13. The van der Waals surface area contributed by atoms with E-state index in [-0.39, 0.29) is 16.8 Å². The van der Waals surface area contributed by atoms with E-state index < -0.39 is 11.6 Å². The molecular weight excluding hydrogens is 224 g/mol. The first-order valence-corrected chi connectivity index (χ1v) is 4.92. The van der Waals surface area contributed by atoms with Gasteiger partial charge in [0.25, 0.3) is 0 Å². The van der Waals surface area contributed by atoms with Crippen LogP contribution in [0.4, 0.5) is 14.5 Å². The molecule has 0 bridgehead atoms. The predicted molar refractivity (Wildman–Crippen MR) is 61.6 cm³/mol. The molecule has 4 heteroatoms. The number of carbonyl (C=O) groups excluding carboxylic acids is 1. The topological polar surface area (TPSA) is 43.1 Å². The zero-order chi connectivity index (χ0) is 12.4. The Labute approximate surface area is 96.7 Å². The fraction of sp³-hybridized carbons (Fsp3) is 0. The SMILES string of the molecule is Nc1cc(F)c(F)c(-c2ccccc2C=O)c1. The molecule has 2 aromatic carbocycles. The maximum atomic E-state index is 13.6. The molecule has 86 valence electrons. The molecule has 0 radical (unpaired) electrons. The highest BCUT2D eigenvalue weighted by Crippen LogP contribution is 2.29. The van der Waals surface area contributed by atoms with E-state index in [1.165, 1.54) is 12.1 Å². The Kier molecular flexibility index (Phi) is 2.87. The first kappa shape index (κ1) is 11.3. The van der Waals surface area contributed by atoms with E-state index >= 15 is 0 Å². The molecule has 2 N–H and O–H groups in total. The summed E-state index contributed by atoms with van der Waals surface area (Å²) in [5, 5.41) is 0. The fourth-order valence-corrected chi connectivity index (χ4v) is 1.65. The van der Waals surface area contributed by atoms with Crippen LogP contribution in [0.5, 0.6) is 0 Å². The Bertz CT molecular complexity index is 582. The van der Waals surface area contributed by atoms with Gasteiger partial charge in [-0.05, 0) is 17.7 Å². The second kappa shape index (κ2) is 4.33. The molecule has 0 saturated heterocycles. The molecule has 0 aliphatic carbocycles. The van der Waals surface area contributed by atoms with E-state index in [0.717, 1.165) is 6.07 Å². The zero-order valence-electron chi connectivity index (χ0n) is 8.78. The summed E-state index contributed by atoms with van der Waals surface area (Å²) >= 11 is 0. The van der Waals surface area contributed by atoms with Gasteiger partial charge in [-0.3, -0.25) is 4.79 Å². The van der Waals surface area contributed by atoms with Gasteiger partial charge in [0.1, 0.15) is 0 Å². The number of anilines is 1. The maximum absolute atomic E-state index is 13.6. The maximum Gasteiger partial charge on any atom is 0.166 e. The highest BCUT2D eigenvalue weighted by atomic mass is 19.2. The molecule has 0 amide bonds. The summed E-state index contributed by atoms with van der Waals surface area (Å²) in [7, 11) is 0. The molecule has 0 heterocycles. The number of benzene rings is 2. The third-order valence-electron chi connectivity index (χ3n) is 2.43. The molecule has 0 aromatic heterocycles. The van der Waals surface area contributed by atoms with E-state index in [2.05, 4.69) is 0 Å². The van der Waals surface area contributed by atoms with Crippen LogP contribution in [0.1, 0.15) is 10.4 Å². The van der Waals surface area contributed by atoms with E-state index in [4.69, 9.17) is 5.73 Å². The van der Waals surface area contributed by atoms with Crippen LogP contribution in [0, 0.1) is 11.6 Å². The molecule has 2 rings (SSSR count). The number of halogens is 2. The van der Waals surface area contributed by atoms with Crippen molar-refractivity contribution in [3.8, 4) is 11.1 Å². The van der Waals surface area contributed by atoms with Crippen LogP contribution < -0.4 is 5.73 Å². The van der Waals surface area contributed by atoms with Gasteiger partial charge in [-0.1, -0.05) is 24.3 Å². The number of hydrogen-bond donors (Lipinski definition) is 1. The third-order valence-corrected chi connectivity index (χ3v) is 2.43. The molecule has 0 spiro atoms. The van der Waals surface area contributed by atoms with Gasteiger partial charge in [0, 0.05) is 16.8 Å². The van der Waals surface area contributed by atoms with Crippen molar-refractivity contribution in [2.24, 2.45) is 0 Å². The first-order chi connectivity index (χ1) is 8.13. The molecule has 0 fully saturated rings. The van der Waals surface area contributed by atoms with Crippen molar-refractivity contribution in [3.63, 3.8) is 0 Å². The van der Waals surface area contributed by atoms with Crippen LogP contribution in [0.15, 0.2) is 36.4 Å². The number of nitrogen functional groups attached to an aromatic ring is 1. The van der Waals surface area contributed by atoms with Crippen LogP contribution in [0.3, 0.4) is 0 Å². The van der Waals surface area contributed by atoms with Gasteiger partial charge in [-0.25, -0.2) is 8.78 Å². The Morgan fingerprint density at radius 2 is 1.76 bits per heavy atom. The minimum atomic E-state index is -1.03. The number of rotatable bonds is 2. The van der Waals surface area contributed by atoms with Gasteiger partial charge in [0.15, 0.2) is 17.9 Å². The number of aldehydes is 1. The number of carbonyl (C=O) groups is 1. The molecule has 0 atom stereocenters. The van der Waals surface area contributed by atoms with Crippen LogP contribution in [0.25, 0.3) is 11.1 Å². The fourth-order valence-electron chi connectivity index (χ4n) is 1.65. The first-order valence-electron chi connectivity index (χ1n) is 4.92. The molecule has 0 unspecified atom stereocenters. The van der Waals surface area contributed by atoms with Crippen molar-refractivity contribution in [2.75, 3.05) is 5.73 Å². The molecule has 0 aliphatic heterocycles. The van der Waals surface area contributed by atoms with Crippen molar-refractivity contribution in [1.82, 2.24) is 0 Å². The predicted octanol–water partition coefficient (Wildman–Crippen LogP) is 3.03. The molecule has 2 nitrogen and oxygen atoms in total. The van der Waals surface area contributed by atoms with E-state index in [9.17, 15) is 13.6 Å². The summed E-state index contributed by atoms with van der Waals surface area (Å²) in [6, 6.07) is 8.57. The average Bonchev–Trinajstić information content (AvgIpc) is 2.33. The minimum absolute atomic E-state index is 0.00907. The Hall–Kier alpha value is -2.23. The molecule has 17 heavy (non-hydrogen) atoms. The van der Waals surface area contributed by atoms with E-state index in [0.29, 0.717) is 11.8 Å². The van der Waals surface area contributed by atoms with Gasteiger partial charge in [-0.15, -0.1) is 0 Å². The number of hydrogen-bond acceptors (Lipinski definition) is 2.